The van der Waals surface area contributed by atoms with Gasteiger partial charge < -0.3 is 19.9 Å². The number of nitrogens with zero attached hydrogens (tertiary/aromatic N) is 2. The molecule has 1 atom stereocenters. The highest BCUT2D eigenvalue weighted by atomic mass is 16.5. The van der Waals surface area contributed by atoms with E-state index in [0.29, 0.717) is 24.9 Å². The predicted molar refractivity (Wildman–Crippen MR) is 112 cm³/mol. The van der Waals surface area contributed by atoms with Gasteiger partial charge in [0.05, 0.1) is 19.6 Å². The number of carbonyl (C=O) groups excluding carboxylic acids is 2. The minimum absolute atomic E-state index is 0.0475. The summed E-state index contributed by atoms with van der Waals surface area (Å²) in [5.74, 6) is 0.678. The Morgan fingerprint density at radius 3 is 2.31 bits per heavy atom. The molecule has 0 aromatic heterocycles. The number of ether oxygens (including phenoxy) is 1. The van der Waals surface area contributed by atoms with Gasteiger partial charge in [0.25, 0.3) is 0 Å². The number of methoxy groups -OCH3 is 1. The van der Waals surface area contributed by atoms with Crippen molar-refractivity contribution in [2.45, 2.75) is 30.8 Å². The minimum atomic E-state index is -0.831. The first kappa shape index (κ1) is 19.5. The van der Waals surface area contributed by atoms with E-state index in [0.717, 1.165) is 24.4 Å². The topological polar surface area (TPSA) is 61.9 Å². The summed E-state index contributed by atoms with van der Waals surface area (Å²) in [5.41, 5.74) is 0.962. The van der Waals surface area contributed by atoms with Crippen LogP contribution >= 0.6 is 0 Å². The molecular weight excluding hydrogens is 366 g/mol. The van der Waals surface area contributed by atoms with Gasteiger partial charge in [0.1, 0.15) is 11.3 Å². The number of amides is 2. The smallest absolute Gasteiger partial charge is 0.250 e. The van der Waals surface area contributed by atoms with Crippen LogP contribution < -0.4 is 10.1 Å². The summed E-state index contributed by atoms with van der Waals surface area (Å²) >= 11 is 0. The van der Waals surface area contributed by atoms with Crippen LogP contribution in [0.1, 0.15) is 30.9 Å². The molecule has 0 spiro atoms. The molecule has 152 valence electrons. The Labute approximate surface area is 171 Å². The van der Waals surface area contributed by atoms with Crippen LogP contribution in [0.3, 0.4) is 0 Å². The molecule has 6 heteroatoms. The second kappa shape index (κ2) is 7.87. The normalized spacial score (nSPS) is 21.4. The maximum atomic E-state index is 13.6. The molecule has 1 N–H and O–H groups in total. The van der Waals surface area contributed by atoms with Crippen molar-refractivity contribution in [2.75, 3.05) is 32.6 Å². The lowest BCUT2D eigenvalue weighted by atomic mass is 9.78. The lowest BCUT2D eigenvalue weighted by Gasteiger charge is -2.54. The van der Waals surface area contributed by atoms with Crippen LogP contribution in [0, 0.1) is 0 Å². The molecule has 2 amide bonds. The molecule has 0 radical (unpaired) electrons. The van der Waals surface area contributed by atoms with E-state index in [1.807, 2.05) is 59.5 Å². The van der Waals surface area contributed by atoms with Crippen molar-refractivity contribution in [2.24, 2.45) is 0 Å². The van der Waals surface area contributed by atoms with E-state index in [1.165, 1.54) is 0 Å². The van der Waals surface area contributed by atoms with Crippen LogP contribution in [0.2, 0.25) is 0 Å². The number of nitrogens with one attached hydrogen (secondary N) is 1. The van der Waals surface area contributed by atoms with Crippen LogP contribution in [-0.4, -0.2) is 54.4 Å². The largest absolute Gasteiger partial charge is 0.497 e. The van der Waals surface area contributed by atoms with E-state index in [4.69, 9.17) is 4.74 Å². The molecule has 0 bridgehead atoms. The van der Waals surface area contributed by atoms with Crippen LogP contribution in [0.15, 0.2) is 54.6 Å². The number of carbonyl (C=O) groups is 2. The third kappa shape index (κ3) is 3.60. The van der Waals surface area contributed by atoms with Gasteiger partial charge in [0.15, 0.2) is 0 Å². The monoisotopic (exact) mass is 393 g/mol. The molecule has 2 aliphatic rings. The quantitative estimate of drug-likeness (QED) is 0.793. The van der Waals surface area contributed by atoms with E-state index < -0.39 is 5.54 Å². The summed E-state index contributed by atoms with van der Waals surface area (Å²) in [4.78, 5) is 30.4. The lowest BCUT2D eigenvalue weighted by molar-refractivity contribution is -0.167. The van der Waals surface area contributed by atoms with Gasteiger partial charge in [-0.3, -0.25) is 9.59 Å². The van der Waals surface area contributed by atoms with Gasteiger partial charge in [0.2, 0.25) is 11.8 Å². The van der Waals surface area contributed by atoms with Gasteiger partial charge in [-0.2, -0.15) is 0 Å². The van der Waals surface area contributed by atoms with E-state index in [9.17, 15) is 9.59 Å². The number of benzene rings is 2. The van der Waals surface area contributed by atoms with Crippen LogP contribution in [0.4, 0.5) is 5.69 Å². The van der Waals surface area contributed by atoms with Crippen molar-refractivity contribution in [1.82, 2.24) is 9.80 Å². The van der Waals surface area contributed by atoms with E-state index >= 15 is 0 Å². The molecule has 4 rings (SSSR count). The number of likely N-dealkylation sites (tertiary alicyclic amines) is 2. The number of hydrogen-bond acceptors (Lipinski definition) is 4. The Hall–Kier alpha value is -2.86. The van der Waals surface area contributed by atoms with Crippen molar-refractivity contribution in [3.63, 3.8) is 0 Å². The first-order chi connectivity index (χ1) is 14.0. The number of rotatable bonds is 5. The van der Waals surface area contributed by atoms with E-state index in [-0.39, 0.29) is 17.9 Å². The molecule has 2 aromatic carbocycles. The number of hydrogen-bond donors (Lipinski definition) is 1. The summed E-state index contributed by atoms with van der Waals surface area (Å²) in [6, 6.07) is 17.2. The molecule has 29 heavy (non-hydrogen) atoms. The molecule has 2 heterocycles. The summed E-state index contributed by atoms with van der Waals surface area (Å²) in [5, 5.41) is 3.05. The van der Waals surface area contributed by atoms with Crippen molar-refractivity contribution in [1.29, 1.82) is 0 Å². The Balaban J connectivity index is 1.63. The van der Waals surface area contributed by atoms with Crippen molar-refractivity contribution >= 4 is 17.5 Å². The molecular formula is C23H27N3O3. The minimum Gasteiger partial charge on any atom is -0.497 e. The van der Waals surface area contributed by atoms with Gasteiger partial charge in [-0.25, -0.2) is 0 Å². The molecule has 2 aliphatic heterocycles. The third-order valence-electron chi connectivity index (χ3n) is 6.18. The Morgan fingerprint density at radius 1 is 1.07 bits per heavy atom. The highest BCUT2D eigenvalue weighted by Gasteiger charge is 2.55. The first-order valence-corrected chi connectivity index (χ1v) is 10.0. The summed E-state index contributed by atoms with van der Waals surface area (Å²) in [6.45, 7) is 1.56. The first-order valence-electron chi connectivity index (χ1n) is 10.0. The van der Waals surface area contributed by atoms with Gasteiger partial charge in [-0.1, -0.05) is 30.3 Å². The van der Waals surface area contributed by atoms with Crippen LogP contribution in [-0.2, 0) is 9.59 Å². The molecule has 2 fully saturated rings. The zero-order valence-corrected chi connectivity index (χ0v) is 16.9. The fourth-order valence-corrected chi connectivity index (χ4v) is 4.38. The molecule has 0 aliphatic carbocycles. The van der Waals surface area contributed by atoms with E-state index in [2.05, 4.69) is 17.3 Å². The summed E-state index contributed by atoms with van der Waals surface area (Å²) in [7, 11) is 3.66. The van der Waals surface area contributed by atoms with Crippen LogP contribution in [0.25, 0.3) is 0 Å². The Kier molecular flexibility index (Phi) is 5.28. The molecule has 1 unspecified atom stereocenters. The van der Waals surface area contributed by atoms with Gasteiger partial charge in [0, 0.05) is 18.8 Å². The van der Waals surface area contributed by atoms with Gasteiger partial charge in [-0.05, 0) is 49.7 Å². The number of β-lactam (4-membered cyclic amide) rings is 1. The molecule has 2 aromatic rings. The number of anilines is 1. The van der Waals surface area contributed by atoms with Gasteiger partial charge >= 0.3 is 0 Å². The fraction of sp³-hybridized carbons (Fsp3) is 0.391. The van der Waals surface area contributed by atoms with Gasteiger partial charge in [-0.15, -0.1) is 0 Å². The maximum Gasteiger partial charge on any atom is 0.250 e. The maximum absolute atomic E-state index is 13.6. The standard InChI is InChI=1S/C23H27N3O3/c1-25-14-12-23(13-15-25,22(28)24-18-8-10-19(29-2)11-9-18)26-20(16-21(26)27)17-6-4-3-5-7-17/h3-11,20H,12-16H2,1-2H3,(H,24,28). The zero-order chi connectivity index (χ0) is 20.4. The Bertz CT molecular complexity index is 874. The van der Waals surface area contributed by atoms with Crippen molar-refractivity contribution in [3.05, 3.63) is 60.2 Å². The number of piperidine rings is 1. The lowest BCUT2D eigenvalue weighted by Crippen LogP contribution is -2.68. The highest BCUT2D eigenvalue weighted by molar-refractivity contribution is 6.02. The van der Waals surface area contributed by atoms with Crippen molar-refractivity contribution < 1.29 is 14.3 Å². The predicted octanol–water partition coefficient (Wildman–Crippen LogP) is 3.07. The Morgan fingerprint density at radius 2 is 1.72 bits per heavy atom. The third-order valence-corrected chi connectivity index (χ3v) is 6.18. The summed E-state index contributed by atoms with van der Waals surface area (Å²) < 4.78 is 5.19. The zero-order valence-electron chi connectivity index (χ0n) is 16.9. The summed E-state index contributed by atoms with van der Waals surface area (Å²) in [6.07, 6.45) is 1.71. The second-order valence-electron chi connectivity index (χ2n) is 7.91. The molecule has 2 saturated heterocycles. The average molecular weight is 393 g/mol. The van der Waals surface area contributed by atoms with Crippen LogP contribution in [0.5, 0.6) is 5.75 Å². The second-order valence-corrected chi connectivity index (χ2v) is 7.91. The molecule has 6 nitrogen and oxygen atoms in total. The SMILES string of the molecule is COc1ccc(NC(=O)C2(N3C(=O)CC3c3ccccc3)CCN(C)CC2)cc1. The molecule has 0 saturated carbocycles. The van der Waals surface area contributed by atoms with E-state index in [1.54, 1.807) is 7.11 Å². The average Bonchev–Trinajstić information content (AvgIpc) is 2.74. The highest BCUT2D eigenvalue weighted by Crippen LogP contribution is 2.45. The fourth-order valence-electron chi connectivity index (χ4n) is 4.38. The van der Waals surface area contributed by atoms with Crippen molar-refractivity contribution in [3.8, 4) is 5.75 Å².